The van der Waals surface area contributed by atoms with E-state index in [2.05, 4.69) is 24.1 Å². The molecule has 2 N–H and O–H groups in total. The normalized spacial score (nSPS) is 24.6. The van der Waals surface area contributed by atoms with Gasteiger partial charge in [0, 0.05) is 18.6 Å². The molecule has 1 aliphatic heterocycles. The lowest BCUT2D eigenvalue weighted by Crippen LogP contribution is -2.49. The van der Waals surface area contributed by atoms with Gasteiger partial charge in [-0.3, -0.25) is 4.90 Å². The maximum Gasteiger partial charge on any atom is 0.0597 e. The van der Waals surface area contributed by atoms with Crippen molar-refractivity contribution in [3.63, 3.8) is 0 Å². The summed E-state index contributed by atoms with van der Waals surface area (Å²) < 4.78 is 0. The Morgan fingerprint density at radius 1 is 1.38 bits per heavy atom. The molecule has 2 atom stereocenters. The van der Waals surface area contributed by atoms with Gasteiger partial charge < -0.3 is 10.4 Å². The lowest BCUT2D eigenvalue weighted by atomic mass is 9.97. The van der Waals surface area contributed by atoms with E-state index < -0.39 is 0 Å². The molecule has 1 aliphatic rings. The van der Waals surface area contributed by atoms with Crippen molar-refractivity contribution in [2.75, 3.05) is 26.2 Å². The minimum atomic E-state index is 0.252. The standard InChI is InChI=1S/C13H28N2O/c1-3-7-13-8-5-6-9-15(13)10-12(11-16)14-4-2/h12-14,16H,3-11H2,1-2H3. The zero-order chi connectivity index (χ0) is 11.8. The maximum absolute atomic E-state index is 9.31. The van der Waals surface area contributed by atoms with Crippen LogP contribution in [-0.2, 0) is 0 Å². The highest BCUT2D eigenvalue weighted by molar-refractivity contribution is 4.80. The van der Waals surface area contributed by atoms with E-state index >= 15 is 0 Å². The van der Waals surface area contributed by atoms with Gasteiger partial charge in [-0.2, -0.15) is 0 Å². The molecule has 2 unspecified atom stereocenters. The minimum absolute atomic E-state index is 0.252. The highest BCUT2D eigenvalue weighted by atomic mass is 16.3. The second-order valence-electron chi connectivity index (χ2n) is 4.87. The summed E-state index contributed by atoms with van der Waals surface area (Å²) >= 11 is 0. The summed E-state index contributed by atoms with van der Waals surface area (Å²) in [5.74, 6) is 0. The first-order chi connectivity index (χ1) is 7.81. The van der Waals surface area contributed by atoms with Gasteiger partial charge in [-0.15, -0.1) is 0 Å². The number of aliphatic hydroxyl groups is 1. The van der Waals surface area contributed by atoms with Crippen molar-refractivity contribution in [1.29, 1.82) is 0 Å². The first kappa shape index (κ1) is 13.9. The number of likely N-dealkylation sites (tertiary alicyclic amines) is 1. The van der Waals surface area contributed by atoms with Gasteiger partial charge in [0.2, 0.25) is 0 Å². The highest BCUT2D eigenvalue weighted by Gasteiger charge is 2.23. The van der Waals surface area contributed by atoms with Gasteiger partial charge in [0.1, 0.15) is 0 Å². The maximum atomic E-state index is 9.31. The van der Waals surface area contributed by atoms with Gasteiger partial charge in [0.15, 0.2) is 0 Å². The number of nitrogens with zero attached hydrogens (tertiary/aromatic N) is 1. The first-order valence-electron chi connectivity index (χ1n) is 6.90. The van der Waals surface area contributed by atoms with E-state index in [9.17, 15) is 5.11 Å². The summed E-state index contributed by atoms with van der Waals surface area (Å²) in [6.45, 7) is 7.78. The van der Waals surface area contributed by atoms with E-state index in [0.29, 0.717) is 0 Å². The minimum Gasteiger partial charge on any atom is -0.395 e. The SMILES string of the molecule is CCCC1CCCCN1CC(CO)NCC. The van der Waals surface area contributed by atoms with E-state index in [1.54, 1.807) is 0 Å². The van der Waals surface area contributed by atoms with E-state index in [0.717, 1.165) is 19.1 Å². The van der Waals surface area contributed by atoms with E-state index in [1.165, 1.54) is 38.6 Å². The topological polar surface area (TPSA) is 35.5 Å². The summed E-state index contributed by atoms with van der Waals surface area (Å²) in [6, 6.07) is 1.01. The fourth-order valence-corrected chi connectivity index (χ4v) is 2.72. The van der Waals surface area contributed by atoms with Crippen LogP contribution in [0.5, 0.6) is 0 Å². The predicted molar refractivity (Wildman–Crippen MR) is 68.7 cm³/mol. The lowest BCUT2D eigenvalue weighted by molar-refractivity contribution is 0.108. The number of likely N-dealkylation sites (N-methyl/N-ethyl adjacent to an activating group) is 1. The van der Waals surface area contributed by atoms with Gasteiger partial charge in [-0.1, -0.05) is 26.7 Å². The third-order valence-corrected chi connectivity index (χ3v) is 3.54. The lowest BCUT2D eigenvalue weighted by Gasteiger charge is -2.37. The van der Waals surface area contributed by atoms with Gasteiger partial charge in [-0.25, -0.2) is 0 Å². The second-order valence-corrected chi connectivity index (χ2v) is 4.87. The molecule has 0 aromatic carbocycles. The molecule has 96 valence electrons. The molecular formula is C13H28N2O. The summed E-state index contributed by atoms with van der Waals surface area (Å²) in [5.41, 5.74) is 0. The smallest absolute Gasteiger partial charge is 0.0597 e. The van der Waals surface area contributed by atoms with Crippen LogP contribution in [0.25, 0.3) is 0 Å². The summed E-state index contributed by atoms with van der Waals surface area (Å²) in [6.07, 6.45) is 6.63. The Kier molecular flexibility index (Phi) is 7.01. The molecule has 0 spiro atoms. The molecule has 3 heteroatoms. The Morgan fingerprint density at radius 3 is 2.81 bits per heavy atom. The van der Waals surface area contributed by atoms with Crippen molar-refractivity contribution in [1.82, 2.24) is 10.2 Å². The Hall–Kier alpha value is -0.120. The van der Waals surface area contributed by atoms with Gasteiger partial charge in [0.25, 0.3) is 0 Å². The predicted octanol–water partition coefficient (Wildman–Crippen LogP) is 1.61. The van der Waals surface area contributed by atoms with Crippen LogP contribution in [0.3, 0.4) is 0 Å². The second kappa shape index (κ2) is 8.04. The van der Waals surface area contributed by atoms with Crippen molar-refractivity contribution in [2.45, 2.75) is 58.0 Å². The average Bonchev–Trinajstić information content (AvgIpc) is 2.31. The van der Waals surface area contributed by atoms with Gasteiger partial charge in [-0.05, 0) is 32.4 Å². The Balaban J connectivity index is 2.40. The van der Waals surface area contributed by atoms with Crippen LogP contribution in [0, 0.1) is 0 Å². The number of hydrogen-bond donors (Lipinski definition) is 2. The molecule has 3 nitrogen and oxygen atoms in total. The molecule has 0 saturated carbocycles. The van der Waals surface area contributed by atoms with Crippen LogP contribution in [0.2, 0.25) is 0 Å². The van der Waals surface area contributed by atoms with Crippen molar-refractivity contribution in [2.24, 2.45) is 0 Å². The fraction of sp³-hybridized carbons (Fsp3) is 1.00. The Bertz CT molecular complexity index is 173. The number of piperidine rings is 1. The first-order valence-corrected chi connectivity index (χ1v) is 6.90. The summed E-state index contributed by atoms with van der Waals surface area (Å²) in [4.78, 5) is 2.58. The van der Waals surface area contributed by atoms with Crippen LogP contribution in [0.1, 0.15) is 46.0 Å². The quantitative estimate of drug-likeness (QED) is 0.695. The molecule has 1 fully saturated rings. The van der Waals surface area contributed by atoms with E-state index in [4.69, 9.17) is 0 Å². The number of aliphatic hydroxyl groups excluding tert-OH is 1. The zero-order valence-corrected chi connectivity index (χ0v) is 10.9. The third kappa shape index (κ3) is 4.40. The van der Waals surface area contributed by atoms with Crippen molar-refractivity contribution < 1.29 is 5.11 Å². The van der Waals surface area contributed by atoms with Crippen LogP contribution < -0.4 is 5.32 Å². The number of hydrogen-bond acceptors (Lipinski definition) is 3. The van der Waals surface area contributed by atoms with E-state index in [-0.39, 0.29) is 12.6 Å². The fourth-order valence-electron chi connectivity index (χ4n) is 2.72. The molecular weight excluding hydrogens is 200 g/mol. The average molecular weight is 228 g/mol. The zero-order valence-electron chi connectivity index (χ0n) is 10.9. The van der Waals surface area contributed by atoms with Crippen molar-refractivity contribution in [3.8, 4) is 0 Å². The molecule has 0 amide bonds. The third-order valence-electron chi connectivity index (χ3n) is 3.54. The van der Waals surface area contributed by atoms with E-state index in [1.807, 2.05) is 0 Å². The highest BCUT2D eigenvalue weighted by Crippen LogP contribution is 2.20. The largest absolute Gasteiger partial charge is 0.395 e. The van der Waals surface area contributed by atoms with Crippen LogP contribution in [-0.4, -0.2) is 48.3 Å². The van der Waals surface area contributed by atoms with Crippen molar-refractivity contribution in [3.05, 3.63) is 0 Å². The van der Waals surface area contributed by atoms with Crippen LogP contribution in [0.4, 0.5) is 0 Å². The molecule has 0 radical (unpaired) electrons. The number of nitrogens with one attached hydrogen (secondary N) is 1. The van der Waals surface area contributed by atoms with Crippen molar-refractivity contribution >= 4 is 0 Å². The molecule has 16 heavy (non-hydrogen) atoms. The summed E-state index contributed by atoms with van der Waals surface area (Å²) in [5, 5.41) is 12.7. The molecule has 0 aromatic rings. The van der Waals surface area contributed by atoms with Gasteiger partial charge in [0.05, 0.1) is 6.61 Å². The summed E-state index contributed by atoms with van der Waals surface area (Å²) in [7, 11) is 0. The Labute approximate surface area is 100 Å². The van der Waals surface area contributed by atoms with Gasteiger partial charge >= 0.3 is 0 Å². The molecule has 1 saturated heterocycles. The van der Waals surface area contributed by atoms with Crippen LogP contribution >= 0.6 is 0 Å². The molecule has 1 heterocycles. The molecule has 1 rings (SSSR count). The molecule has 0 aromatic heterocycles. The monoisotopic (exact) mass is 228 g/mol. The molecule has 0 bridgehead atoms. The number of rotatable bonds is 7. The van der Waals surface area contributed by atoms with Crippen LogP contribution in [0.15, 0.2) is 0 Å². The molecule has 0 aliphatic carbocycles. The Morgan fingerprint density at radius 2 is 2.19 bits per heavy atom.